The van der Waals surface area contributed by atoms with Gasteiger partial charge in [-0.1, -0.05) is 38.1 Å². The molecule has 0 saturated carbocycles. The number of ether oxygens (including phenoxy) is 1. The maximum atomic E-state index is 12.3. The van der Waals surface area contributed by atoms with Gasteiger partial charge in [-0.2, -0.15) is 0 Å². The number of nitrogens with one attached hydrogen (secondary N) is 2. The summed E-state index contributed by atoms with van der Waals surface area (Å²) in [5, 5.41) is 2.72. The number of methoxy groups -OCH3 is 1. The van der Waals surface area contributed by atoms with E-state index in [1.807, 2.05) is 24.3 Å². The number of hydrogen-bond acceptors (Lipinski definition) is 4. The van der Waals surface area contributed by atoms with Crippen LogP contribution >= 0.6 is 0 Å². The van der Waals surface area contributed by atoms with Gasteiger partial charge in [-0.3, -0.25) is 4.79 Å². The van der Waals surface area contributed by atoms with Crippen LogP contribution in [0, 0.1) is 0 Å². The summed E-state index contributed by atoms with van der Waals surface area (Å²) in [6.45, 7) is 6.26. The van der Waals surface area contributed by atoms with E-state index in [0.29, 0.717) is 11.6 Å². The lowest BCUT2D eigenvalue weighted by molar-refractivity contribution is -0.111. The maximum Gasteiger partial charge on any atom is 0.248 e. The number of rotatable bonds is 9. The van der Waals surface area contributed by atoms with Crippen LogP contribution < -0.4 is 10.0 Å². The van der Waals surface area contributed by atoms with Gasteiger partial charge in [-0.05, 0) is 54.3 Å². The molecule has 2 aromatic carbocycles. The minimum absolute atomic E-state index is 0.124. The van der Waals surface area contributed by atoms with Crippen LogP contribution in [0.25, 0.3) is 6.08 Å². The van der Waals surface area contributed by atoms with E-state index in [1.165, 1.54) is 30.9 Å². The van der Waals surface area contributed by atoms with Crippen LogP contribution in [0.3, 0.4) is 0 Å². The van der Waals surface area contributed by atoms with Crippen molar-refractivity contribution >= 4 is 27.7 Å². The minimum atomic E-state index is -3.64. The van der Waals surface area contributed by atoms with Gasteiger partial charge in [-0.15, -0.1) is 0 Å². The van der Waals surface area contributed by atoms with E-state index in [0.717, 1.165) is 5.56 Å². The molecule has 2 N–H and O–H groups in total. The monoisotopic (exact) mass is 416 g/mol. The standard InChI is InChI=1S/C22H28N2O4S/c1-16(2)19-8-5-18(6-9-19)7-14-22(25)23-20-10-12-21(13-11-20)29(26,27)24-17(3)15-28-4/h5-14,16-17,24H,15H2,1-4H3,(H,23,25)/b14-7+. The Kier molecular flexibility index (Phi) is 8.13. The van der Waals surface area contributed by atoms with Crippen LogP contribution in [0.2, 0.25) is 0 Å². The van der Waals surface area contributed by atoms with Gasteiger partial charge in [0.05, 0.1) is 11.5 Å². The van der Waals surface area contributed by atoms with Gasteiger partial charge in [0.25, 0.3) is 0 Å². The fourth-order valence-corrected chi connectivity index (χ4v) is 3.91. The second-order valence-electron chi connectivity index (χ2n) is 7.15. The van der Waals surface area contributed by atoms with Crippen molar-refractivity contribution in [3.05, 3.63) is 65.7 Å². The zero-order chi connectivity index (χ0) is 21.4. The lowest BCUT2D eigenvalue weighted by atomic mass is 10.0. The molecule has 2 aromatic rings. The van der Waals surface area contributed by atoms with Crippen molar-refractivity contribution in [1.82, 2.24) is 4.72 Å². The van der Waals surface area contributed by atoms with Crippen molar-refractivity contribution in [1.29, 1.82) is 0 Å². The number of amides is 1. The van der Waals surface area contributed by atoms with Crippen LogP contribution in [0.15, 0.2) is 59.5 Å². The van der Waals surface area contributed by atoms with E-state index in [4.69, 9.17) is 4.74 Å². The van der Waals surface area contributed by atoms with Crippen molar-refractivity contribution < 1.29 is 17.9 Å². The molecule has 29 heavy (non-hydrogen) atoms. The third-order valence-electron chi connectivity index (χ3n) is 4.24. The molecule has 0 fully saturated rings. The van der Waals surface area contributed by atoms with Crippen molar-refractivity contribution in [3.8, 4) is 0 Å². The lowest BCUT2D eigenvalue weighted by Gasteiger charge is -2.13. The average Bonchev–Trinajstić information content (AvgIpc) is 2.67. The van der Waals surface area contributed by atoms with E-state index in [9.17, 15) is 13.2 Å². The summed E-state index contributed by atoms with van der Waals surface area (Å²) in [5.74, 6) is 0.168. The second-order valence-corrected chi connectivity index (χ2v) is 8.86. The molecule has 0 bridgehead atoms. The van der Waals surface area contributed by atoms with Crippen molar-refractivity contribution in [2.45, 2.75) is 37.6 Å². The second kappa shape index (κ2) is 10.3. The van der Waals surface area contributed by atoms with Gasteiger partial charge in [0.1, 0.15) is 0 Å². The smallest absolute Gasteiger partial charge is 0.248 e. The van der Waals surface area contributed by atoms with E-state index in [1.54, 1.807) is 25.1 Å². The summed E-state index contributed by atoms with van der Waals surface area (Å²) >= 11 is 0. The van der Waals surface area contributed by atoms with E-state index in [2.05, 4.69) is 23.9 Å². The number of hydrogen-bond donors (Lipinski definition) is 2. The summed E-state index contributed by atoms with van der Waals surface area (Å²) in [4.78, 5) is 12.2. The highest BCUT2D eigenvalue weighted by atomic mass is 32.2. The molecule has 6 nitrogen and oxygen atoms in total. The third-order valence-corrected chi connectivity index (χ3v) is 5.84. The Morgan fingerprint density at radius 3 is 2.21 bits per heavy atom. The maximum absolute atomic E-state index is 12.3. The highest BCUT2D eigenvalue weighted by Crippen LogP contribution is 2.16. The molecule has 1 unspecified atom stereocenters. The fourth-order valence-electron chi connectivity index (χ4n) is 2.68. The Morgan fingerprint density at radius 2 is 1.66 bits per heavy atom. The van der Waals surface area contributed by atoms with E-state index in [-0.39, 0.29) is 23.5 Å². The number of anilines is 1. The first-order valence-corrected chi connectivity index (χ1v) is 10.9. The van der Waals surface area contributed by atoms with Crippen molar-refractivity contribution in [2.75, 3.05) is 19.0 Å². The SMILES string of the molecule is COCC(C)NS(=O)(=O)c1ccc(NC(=O)/C=C/c2ccc(C(C)C)cc2)cc1. The zero-order valence-corrected chi connectivity index (χ0v) is 18.0. The Hall–Kier alpha value is -2.48. The molecule has 7 heteroatoms. The molecule has 0 aliphatic carbocycles. The predicted molar refractivity (Wildman–Crippen MR) is 116 cm³/mol. The molecular formula is C22H28N2O4S. The average molecular weight is 417 g/mol. The molecule has 1 amide bonds. The van der Waals surface area contributed by atoms with Gasteiger partial charge in [-0.25, -0.2) is 13.1 Å². The van der Waals surface area contributed by atoms with Gasteiger partial charge in [0.2, 0.25) is 15.9 Å². The topological polar surface area (TPSA) is 84.5 Å². The summed E-state index contributed by atoms with van der Waals surface area (Å²) < 4.78 is 32.1. The summed E-state index contributed by atoms with van der Waals surface area (Å²) in [5.41, 5.74) is 2.69. The molecule has 0 radical (unpaired) electrons. The number of sulfonamides is 1. The summed E-state index contributed by atoms with van der Waals surface area (Å²) in [6, 6.07) is 13.7. The van der Waals surface area contributed by atoms with Gasteiger partial charge >= 0.3 is 0 Å². The molecule has 0 aliphatic rings. The van der Waals surface area contributed by atoms with Crippen LogP contribution in [0.5, 0.6) is 0 Å². The van der Waals surface area contributed by atoms with Gasteiger partial charge in [0, 0.05) is 24.9 Å². The van der Waals surface area contributed by atoms with Gasteiger partial charge < -0.3 is 10.1 Å². The zero-order valence-electron chi connectivity index (χ0n) is 17.2. The first-order chi connectivity index (χ1) is 13.7. The summed E-state index contributed by atoms with van der Waals surface area (Å²) in [7, 11) is -2.13. The Bertz CT molecular complexity index is 934. The molecule has 0 saturated heterocycles. The lowest BCUT2D eigenvalue weighted by Crippen LogP contribution is -2.35. The molecule has 156 valence electrons. The van der Waals surface area contributed by atoms with E-state index >= 15 is 0 Å². The number of carbonyl (C=O) groups excluding carboxylic acids is 1. The molecule has 1 atom stereocenters. The van der Waals surface area contributed by atoms with Crippen LogP contribution in [-0.4, -0.2) is 34.1 Å². The van der Waals surface area contributed by atoms with Crippen LogP contribution in [0.1, 0.15) is 37.8 Å². The number of carbonyl (C=O) groups is 1. The highest BCUT2D eigenvalue weighted by Gasteiger charge is 2.17. The van der Waals surface area contributed by atoms with E-state index < -0.39 is 10.0 Å². The third kappa shape index (κ3) is 7.12. The first kappa shape index (κ1) is 22.8. The largest absolute Gasteiger partial charge is 0.383 e. The normalized spacial score (nSPS) is 13.0. The molecule has 0 aromatic heterocycles. The first-order valence-electron chi connectivity index (χ1n) is 9.41. The Labute approximate surface area is 173 Å². The van der Waals surface area contributed by atoms with Crippen molar-refractivity contribution in [2.24, 2.45) is 0 Å². The highest BCUT2D eigenvalue weighted by molar-refractivity contribution is 7.89. The molecule has 2 rings (SSSR count). The Morgan fingerprint density at radius 1 is 1.03 bits per heavy atom. The molecule has 0 heterocycles. The molecule has 0 aliphatic heterocycles. The Balaban J connectivity index is 1.97. The molecular weight excluding hydrogens is 388 g/mol. The summed E-state index contributed by atoms with van der Waals surface area (Å²) in [6.07, 6.45) is 3.18. The quantitative estimate of drug-likeness (QED) is 0.610. The molecule has 0 spiro atoms. The fraction of sp³-hybridized carbons (Fsp3) is 0.318. The van der Waals surface area contributed by atoms with Crippen molar-refractivity contribution in [3.63, 3.8) is 0 Å². The van der Waals surface area contributed by atoms with Crippen LogP contribution in [0.4, 0.5) is 5.69 Å². The van der Waals surface area contributed by atoms with Crippen LogP contribution in [-0.2, 0) is 19.6 Å². The number of benzene rings is 2. The predicted octanol–water partition coefficient (Wildman–Crippen LogP) is 3.78. The van der Waals surface area contributed by atoms with Gasteiger partial charge in [0.15, 0.2) is 0 Å². The minimum Gasteiger partial charge on any atom is -0.383 e.